The van der Waals surface area contributed by atoms with E-state index in [9.17, 15) is 9.50 Å². The van der Waals surface area contributed by atoms with Gasteiger partial charge in [-0.05, 0) is 36.2 Å². The Morgan fingerprint density at radius 2 is 1.91 bits per heavy atom. The van der Waals surface area contributed by atoms with Crippen LogP contribution in [0.1, 0.15) is 18.0 Å². The topological polar surface area (TPSA) is 49.2 Å². The van der Waals surface area contributed by atoms with Gasteiger partial charge in [-0.15, -0.1) is 0 Å². The molecule has 0 unspecified atom stereocenters. The van der Waals surface area contributed by atoms with Crippen LogP contribution in [0.25, 0.3) is 10.9 Å². The summed E-state index contributed by atoms with van der Waals surface area (Å²) in [5.74, 6) is -0.252. The first-order valence-electron chi connectivity index (χ1n) is 7.61. The van der Waals surface area contributed by atoms with Crippen molar-refractivity contribution >= 4 is 16.6 Å². The summed E-state index contributed by atoms with van der Waals surface area (Å²) < 4.78 is 13.2. The van der Waals surface area contributed by atoms with Crippen LogP contribution in [0, 0.1) is 5.82 Å². The number of benzene rings is 1. The smallest absolute Gasteiger partial charge is 0.123 e. The van der Waals surface area contributed by atoms with E-state index in [1.807, 2.05) is 12.1 Å². The van der Waals surface area contributed by atoms with E-state index in [1.54, 1.807) is 30.7 Å². The number of aliphatic hydroxyl groups excluding tert-OH is 1. The molecule has 1 aromatic carbocycles. The molecule has 1 aliphatic heterocycles. The lowest BCUT2D eigenvalue weighted by Crippen LogP contribution is -2.24. The minimum Gasteiger partial charge on any atom is -0.391 e. The Bertz CT molecular complexity index is 832. The van der Waals surface area contributed by atoms with Gasteiger partial charge < -0.3 is 10.0 Å². The maximum Gasteiger partial charge on any atom is 0.123 e. The summed E-state index contributed by atoms with van der Waals surface area (Å²) in [6, 6.07) is 10.3. The molecule has 0 spiro atoms. The molecule has 2 aromatic heterocycles. The van der Waals surface area contributed by atoms with Crippen LogP contribution >= 0.6 is 0 Å². The minimum atomic E-state index is -0.412. The highest BCUT2D eigenvalue weighted by molar-refractivity contribution is 5.91. The number of hydrogen-bond donors (Lipinski definition) is 1. The van der Waals surface area contributed by atoms with Crippen LogP contribution in [-0.4, -0.2) is 27.7 Å². The molecule has 1 fully saturated rings. The predicted molar refractivity (Wildman–Crippen MR) is 86.6 cm³/mol. The number of fused-ring (bicyclic) bond motifs is 1. The van der Waals surface area contributed by atoms with Crippen molar-refractivity contribution in [3.05, 3.63) is 66.4 Å². The molecule has 2 atom stereocenters. The Hall–Kier alpha value is -2.53. The van der Waals surface area contributed by atoms with Gasteiger partial charge in [-0.3, -0.25) is 9.97 Å². The van der Waals surface area contributed by atoms with Crippen molar-refractivity contribution in [3.8, 4) is 0 Å². The Morgan fingerprint density at radius 3 is 2.74 bits per heavy atom. The number of hydrogen-bond acceptors (Lipinski definition) is 4. The molecule has 3 aromatic rings. The SMILES string of the molecule is O[C@@H]1C[C@@H](c2ccc(F)cc2)N(c2ccnc3ccncc23)C1. The third kappa shape index (κ3) is 2.53. The van der Waals surface area contributed by atoms with E-state index in [-0.39, 0.29) is 11.9 Å². The fourth-order valence-electron chi connectivity index (χ4n) is 3.31. The predicted octanol–water partition coefficient (Wildman–Crippen LogP) is 3.08. The van der Waals surface area contributed by atoms with E-state index in [0.29, 0.717) is 13.0 Å². The zero-order valence-corrected chi connectivity index (χ0v) is 12.4. The molecule has 0 saturated carbocycles. The lowest BCUT2D eigenvalue weighted by molar-refractivity contribution is 0.194. The van der Waals surface area contributed by atoms with Crippen molar-refractivity contribution in [2.24, 2.45) is 0 Å². The zero-order chi connectivity index (χ0) is 15.8. The summed E-state index contributed by atoms with van der Waals surface area (Å²) in [5.41, 5.74) is 2.86. The van der Waals surface area contributed by atoms with Crippen LogP contribution < -0.4 is 4.90 Å². The number of halogens is 1. The highest BCUT2D eigenvalue weighted by atomic mass is 19.1. The third-order valence-electron chi connectivity index (χ3n) is 4.36. The number of nitrogens with zero attached hydrogens (tertiary/aromatic N) is 3. The van der Waals surface area contributed by atoms with E-state index in [0.717, 1.165) is 22.2 Å². The number of aromatic nitrogens is 2. The second-order valence-corrected chi connectivity index (χ2v) is 5.83. The maximum absolute atomic E-state index is 13.2. The van der Waals surface area contributed by atoms with Crippen LogP contribution in [-0.2, 0) is 0 Å². The number of aliphatic hydroxyl groups is 1. The van der Waals surface area contributed by atoms with Gasteiger partial charge >= 0.3 is 0 Å². The first-order valence-corrected chi connectivity index (χ1v) is 7.61. The van der Waals surface area contributed by atoms with Gasteiger partial charge in [0, 0.05) is 36.2 Å². The molecule has 0 bridgehead atoms. The molecular formula is C18H16FN3O. The van der Waals surface area contributed by atoms with Gasteiger partial charge in [0.2, 0.25) is 0 Å². The largest absolute Gasteiger partial charge is 0.391 e. The van der Waals surface area contributed by atoms with Gasteiger partial charge in [-0.25, -0.2) is 4.39 Å². The summed E-state index contributed by atoms with van der Waals surface area (Å²) in [4.78, 5) is 10.7. The Kier molecular flexibility index (Phi) is 3.42. The summed E-state index contributed by atoms with van der Waals surface area (Å²) in [7, 11) is 0. The lowest BCUT2D eigenvalue weighted by Gasteiger charge is -2.27. The second kappa shape index (κ2) is 5.59. The Labute approximate surface area is 133 Å². The molecule has 0 aliphatic carbocycles. The van der Waals surface area contributed by atoms with Gasteiger partial charge in [0.1, 0.15) is 5.82 Å². The molecule has 0 radical (unpaired) electrons. The highest BCUT2D eigenvalue weighted by Gasteiger charge is 2.33. The van der Waals surface area contributed by atoms with Crippen molar-refractivity contribution in [2.45, 2.75) is 18.6 Å². The van der Waals surface area contributed by atoms with Gasteiger partial charge in [-0.1, -0.05) is 12.1 Å². The van der Waals surface area contributed by atoms with Crippen molar-refractivity contribution in [1.82, 2.24) is 9.97 Å². The highest BCUT2D eigenvalue weighted by Crippen LogP contribution is 2.38. The van der Waals surface area contributed by atoms with Gasteiger partial charge in [0.05, 0.1) is 17.7 Å². The maximum atomic E-state index is 13.2. The van der Waals surface area contributed by atoms with Crippen LogP contribution in [0.2, 0.25) is 0 Å². The Morgan fingerprint density at radius 1 is 1.09 bits per heavy atom. The first kappa shape index (κ1) is 14.1. The average molecular weight is 309 g/mol. The van der Waals surface area contributed by atoms with Crippen LogP contribution in [0.3, 0.4) is 0 Å². The summed E-state index contributed by atoms with van der Waals surface area (Å²) in [5, 5.41) is 11.1. The zero-order valence-electron chi connectivity index (χ0n) is 12.4. The van der Waals surface area contributed by atoms with E-state index in [2.05, 4.69) is 14.9 Å². The van der Waals surface area contributed by atoms with Gasteiger partial charge in [-0.2, -0.15) is 0 Å². The molecule has 116 valence electrons. The number of pyridine rings is 2. The van der Waals surface area contributed by atoms with Crippen LogP contribution in [0.5, 0.6) is 0 Å². The van der Waals surface area contributed by atoms with Crippen molar-refractivity contribution in [2.75, 3.05) is 11.4 Å². The number of β-amino-alcohol motifs (C(OH)–C–C–N with tert-alkyl or cyclic N) is 1. The molecule has 3 heterocycles. The fraction of sp³-hybridized carbons (Fsp3) is 0.222. The molecule has 1 aliphatic rings. The molecule has 1 saturated heterocycles. The Balaban J connectivity index is 1.80. The monoisotopic (exact) mass is 309 g/mol. The molecule has 1 N–H and O–H groups in total. The van der Waals surface area contributed by atoms with Crippen LogP contribution in [0.15, 0.2) is 55.0 Å². The fourth-order valence-corrected chi connectivity index (χ4v) is 3.31. The summed E-state index contributed by atoms with van der Waals surface area (Å²) >= 11 is 0. The molecule has 0 amide bonds. The summed E-state index contributed by atoms with van der Waals surface area (Å²) in [6.07, 6.45) is 5.49. The lowest BCUT2D eigenvalue weighted by atomic mass is 10.0. The number of anilines is 1. The molecule has 5 heteroatoms. The number of rotatable bonds is 2. The second-order valence-electron chi connectivity index (χ2n) is 5.83. The van der Waals surface area contributed by atoms with E-state index in [1.165, 1.54) is 12.1 Å². The first-order chi connectivity index (χ1) is 11.2. The van der Waals surface area contributed by atoms with E-state index >= 15 is 0 Å². The van der Waals surface area contributed by atoms with Gasteiger partial charge in [0.15, 0.2) is 0 Å². The van der Waals surface area contributed by atoms with Crippen molar-refractivity contribution in [1.29, 1.82) is 0 Å². The molecule has 23 heavy (non-hydrogen) atoms. The average Bonchev–Trinajstić information content (AvgIpc) is 2.96. The molecule has 4 nitrogen and oxygen atoms in total. The van der Waals surface area contributed by atoms with Crippen molar-refractivity contribution < 1.29 is 9.50 Å². The summed E-state index contributed by atoms with van der Waals surface area (Å²) in [6.45, 7) is 0.538. The van der Waals surface area contributed by atoms with Crippen molar-refractivity contribution in [3.63, 3.8) is 0 Å². The van der Waals surface area contributed by atoms with E-state index in [4.69, 9.17) is 0 Å². The standard InChI is InChI=1S/C18H16FN3O/c19-13-3-1-12(2-4-13)18-9-14(23)11-22(18)17-6-8-21-16-5-7-20-10-15(16)17/h1-8,10,14,18,23H,9,11H2/t14-,18+/m1/s1. The quantitative estimate of drug-likeness (QED) is 0.790. The third-order valence-corrected chi connectivity index (χ3v) is 4.36. The van der Waals surface area contributed by atoms with E-state index < -0.39 is 6.10 Å². The van der Waals surface area contributed by atoms with Crippen LogP contribution in [0.4, 0.5) is 10.1 Å². The normalized spacial score (nSPS) is 21.0. The molecular weight excluding hydrogens is 293 g/mol. The minimum absolute atomic E-state index is 0.0106. The molecule has 4 rings (SSSR count). The van der Waals surface area contributed by atoms with Gasteiger partial charge in [0.25, 0.3) is 0 Å².